The molecular formula is C17H18N4O3. The predicted octanol–water partition coefficient (Wildman–Crippen LogP) is 0.935. The molecule has 7 heteroatoms. The summed E-state index contributed by atoms with van der Waals surface area (Å²) >= 11 is 0. The van der Waals surface area contributed by atoms with Crippen LogP contribution in [0, 0.1) is 0 Å². The van der Waals surface area contributed by atoms with Gasteiger partial charge in [0, 0.05) is 17.8 Å². The van der Waals surface area contributed by atoms with Crippen molar-refractivity contribution in [2.24, 2.45) is 5.84 Å². The number of benzene rings is 2. The van der Waals surface area contributed by atoms with E-state index in [0.717, 1.165) is 5.56 Å². The van der Waals surface area contributed by atoms with Crippen LogP contribution in [0.4, 0.5) is 5.69 Å². The lowest BCUT2D eigenvalue weighted by Gasteiger charge is -2.07. The van der Waals surface area contributed by atoms with Crippen molar-refractivity contribution in [1.82, 2.24) is 10.7 Å². The average Bonchev–Trinajstić information content (AvgIpc) is 2.60. The van der Waals surface area contributed by atoms with E-state index < -0.39 is 11.8 Å². The van der Waals surface area contributed by atoms with Crippen LogP contribution in [0.5, 0.6) is 0 Å². The van der Waals surface area contributed by atoms with Crippen LogP contribution in [0.1, 0.15) is 22.3 Å². The monoisotopic (exact) mass is 326 g/mol. The minimum Gasteiger partial charge on any atom is -0.352 e. The maximum Gasteiger partial charge on any atom is 0.265 e. The van der Waals surface area contributed by atoms with E-state index >= 15 is 0 Å². The Balaban J connectivity index is 1.80. The smallest absolute Gasteiger partial charge is 0.265 e. The van der Waals surface area contributed by atoms with Gasteiger partial charge in [-0.2, -0.15) is 0 Å². The summed E-state index contributed by atoms with van der Waals surface area (Å²) in [6, 6.07) is 15.6. The Morgan fingerprint density at radius 2 is 1.54 bits per heavy atom. The molecule has 0 spiro atoms. The van der Waals surface area contributed by atoms with E-state index in [0.29, 0.717) is 17.8 Å². The Bertz CT molecular complexity index is 714. The number of carbonyl (C=O) groups excluding carboxylic acids is 3. The Kier molecular flexibility index (Phi) is 6.04. The van der Waals surface area contributed by atoms with Gasteiger partial charge in [0.2, 0.25) is 11.8 Å². The van der Waals surface area contributed by atoms with Gasteiger partial charge in [-0.15, -0.1) is 0 Å². The van der Waals surface area contributed by atoms with Crippen molar-refractivity contribution < 1.29 is 14.4 Å². The fraction of sp³-hybridized carbons (Fsp3) is 0.118. The van der Waals surface area contributed by atoms with E-state index in [2.05, 4.69) is 10.6 Å². The summed E-state index contributed by atoms with van der Waals surface area (Å²) in [7, 11) is 0. The molecule has 3 amide bonds. The molecular weight excluding hydrogens is 308 g/mol. The normalized spacial score (nSPS) is 9.88. The number of nitrogens with two attached hydrogens (primary N) is 1. The second-order valence-corrected chi connectivity index (χ2v) is 5.04. The summed E-state index contributed by atoms with van der Waals surface area (Å²) in [5.74, 6) is 3.81. The first-order chi connectivity index (χ1) is 11.6. The van der Waals surface area contributed by atoms with Gasteiger partial charge >= 0.3 is 0 Å². The van der Waals surface area contributed by atoms with Crippen molar-refractivity contribution in [1.29, 1.82) is 0 Å². The lowest BCUT2D eigenvalue weighted by atomic mass is 10.2. The van der Waals surface area contributed by atoms with Crippen molar-refractivity contribution in [2.75, 3.05) is 5.32 Å². The molecule has 0 saturated heterocycles. The van der Waals surface area contributed by atoms with Gasteiger partial charge in [0.15, 0.2) is 0 Å². The van der Waals surface area contributed by atoms with Gasteiger partial charge in [-0.3, -0.25) is 19.8 Å². The fourth-order valence-electron chi connectivity index (χ4n) is 2.00. The van der Waals surface area contributed by atoms with Gasteiger partial charge in [0.1, 0.15) is 6.42 Å². The minimum absolute atomic E-state index is 0.280. The van der Waals surface area contributed by atoms with E-state index in [-0.39, 0.29) is 12.3 Å². The van der Waals surface area contributed by atoms with Gasteiger partial charge in [-0.1, -0.05) is 30.3 Å². The van der Waals surface area contributed by atoms with E-state index in [1.807, 2.05) is 35.8 Å². The highest BCUT2D eigenvalue weighted by molar-refractivity contribution is 6.03. The van der Waals surface area contributed by atoms with Crippen LogP contribution in [0.3, 0.4) is 0 Å². The highest BCUT2D eigenvalue weighted by Gasteiger charge is 2.10. The molecule has 0 aliphatic carbocycles. The van der Waals surface area contributed by atoms with Gasteiger partial charge in [-0.05, 0) is 29.8 Å². The minimum atomic E-state index is -0.434. The Morgan fingerprint density at radius 3 is 2.17 bits per heavy atom. The summed E-state index contributed by atoms with van der Waals surface area (Å²) < 4.78 is 0. The number of anilines is 1. The molecule has 124 valence electrons. The van der Waals surface area contributed by atoms with E-state index in [4.69, 9.17) is 5.84 Å². The molecule has 7 nitrogen and oxygen atoms in total. The summed E-state index contributed by atoms with van der Waals surface area (Å²) in [6.45, 7) is 0.371. The largest absolute Gasteiger partial charge is 0.352 e. The van der Waals surface area contributed by atoms with Crippen LogP contribution in [-0.2, 0) is 16.1 Å². The van der Waals surface area contributed by atoms with Gasteiger partial charge < -0.3 is 10.6 Å². The highest BCUT2D eigenvalue weighted by atomic mass is 16.2. The molecule has 2 rings (SSSR count). The summed E-state index contributed by atoms with van der Waals surface area (Å²) in [6.07, 6.45) is -0.280. The molecule has 0 saturated carbocycles. The van der Waals surface area contributed by atoms with Gasteiger partial charge in [-0.25, -0.2) is 5.84 Å². The quantitative estimate of drug-likeness (QED) is 0.274. The van der Waals surface area contributed by atoms with E-state index in [9.17, 15) is 14.4 Å². The highest BCUT2D eigenvalue weighted by Crippen LogP contribution is 2.09. The molecule has 0 heterocycles. The molecule has 0 aliphatic heterocycles. The molecule has 0 aliphatic rings. The number of carbonyl (C=O) groups is 3. The molecule has 2 aromatic rings. The molecule has 0 atom stereocenters. The van der Waals surface area contributed by atoms with Crippen molar-refractivity contribution in [3.8, 4) is 0 Å². The number of rotatable bonds is 6. The first kappa shape index (κ1) is 17.2. The van der Waals surface area contributed by atoms with Crippen LogP contribution >= 0.6 is 0 Å². The standard InChI is InChI=1S/C17H18N4O3/c18-21-17(24)13-6-8-14(9-7-13)20-16(23)10-15(22)19-11-12-4-2-1-3-5-12/h1-9H,10-11,18H2,(H,19,22)(H,20,23)(H,21,24). The van der Waals surface area contributed by atoms with Crippen LogP contribution in [0.2, 0.25) is 0 Å². The Morgan fingerprint density at radius 1 is 0.875 bits per heavy atom. The molecule has 0 fully saturated rings. The number of hydrogen-bond donors (Lipinski definition) is 4. The molecule has 0 bridgehead atoms. The lowest BCUT2D eigenvalue weighted by molar-refractivity contribution is -0.126. The third-order valence-electron chi connectivity index (χ3n) is 3.22. The zero-order valence-corrected chi connectivity index (χ0v) is 12.9. The number of hydrogen-bond acceptors (Lipinski definition) is 4. The van der Waals surface area contributed by atoms with Crippen LogP contribution < -0.4 is 21.9 Å². The fourth-order valence-corrected chi connectivity index (χ4v) is 2.00. The van der Waals surface area contributed by atoms with Crippen molar-refractivity contribution >= 4 is 23.4 Å². The Labute approximate surface area is 139 Å². The van der Waals surface area contributed by atoms with Gasteiger partial charge in [0.05, 0.1) is 0 Å². The zero-order valence-electron chi connectivity index (χ0n) is 12.9. The first-order valence-electron chi connectivity index (χ1n) is 7.30. The van der Waals surface area contributed by atoms with Crippen LogP contribution in [0.25, 0.3) is 0 Å². The predicted molar refractivity (Wildman–Crippen MR) is 89.6 cm³/mol. The molecule has 5 N–H and O–H groups in total. The van der Waals surface area contributed by atoms with Crippen molar-refractivity contribution in [3.05, 3.63) is 65.7 Å². The third-order valence-corrected chi connectivity index (χ3v) is 3.22. The Hall–Kier alpha value is -3.19. The summed E-state index contributed by atoms with van der Waals surface area (Å²) in [5, 5.41) is 5.27. The average molecular weight is 326 g/mol. The number of nitrogens with one attached hydrogen (secondary N) is 3. The number of hydrazine groups is 1. The zero-order chi connectivity index (χ0) is 17.4. The van der Waals surface area contributed by atoms with Gasteiger partial charge in [0.25, 0.3) is 5.91 Å². The lowest BCUT2D eigenvalue weighted by Crippen LogP contribution is -2.30. The number of nitrogen functional groups attached to an aromatic ring is 1. The second-order valence-electron chi connectivity index (χ2n) is 5.04. The summed E-state index contributed by atoms with van der Waals surface area (Å²) in [5.41, 5.74) is 3.84. The molecule has 24 heavy (non-hydrogen) atoms. The van der Waals surface area contributed by atoms with E-state index in [1.54, 1.807) is 12.1 Å². The van der Waals surface area contributed by atoms with Crippen LogP contribution in [0.15, 0.2) is 54.6 Å². The topological polar surface area (TPSA) is 113 Å². The number of amides is 3. The SMILES string of the molecule is NNC(=O)c1ccc(NC(=O)CC(=O)NCc2ccccc2)cc1. The maximum atomic E-state index is 11.8. The first-order valence-corrected chi connectivity index (χ1v) is 7.30. The van der Waals surface area contributed by atoms with Crippen LogP contribution in [-0.4, -0.2) is 17.7 Å². The second kappa shape index (κ2) is 8.44. The molecule has 0 unspecified atom stereocenters. The molecule has 2 aromatic carbocycles. The summed E-state index contributed by atoms with van der Waals surface area (Å²) in [4.78, 5) is 34.9. The molecule has 0 radical (unpaired) electrons. The third kappa shape index (κ3) is 5.22. The maximum absolute atomic E-state index is 11.8. The van der Waals surface area contributed by atoms with E-state index in [1.165, 1.54) is 12.1 Å². The molecule has 0 aromatic heterocycles. The van der Waals surface area contributed by atoms with Crippen molar-refractivity contribution in [2.45, 2.75) is 13.0 Å². The van der Waals surface area contributed by atoms with Crippen molar-refractivity contribution in [3.63, 3.8) is 0 Å².